The van der Waals surface area contributed by atoms with Crippen molar-refractivity contribution in [2.45, 2.75) is 137 Å². The molecule has 3 aromatic carbocycles. The van der Waals surface area contributed by atoms with Crippen LogP contribution in [0.5, 0.6) is 0 Å². The van der Waals surface area contributed by atoms with E-state index in [1.165, 1.54) is 0 Å². The molecule has 0 fully saturated rings. The number of benzene rings is 3. The van der Waals surface area contributed by atoms with Crippen molar-refractivity contribution in [2.75, 3.05) is 0 Å². The van der Waals surface area contributed by atoms with Gasteiger partial charge in [0.2, 0.25) is 0 Å². The Hall–Kier alpha value is -0.497. The van der Waals surface area contributed by atoms with Crippen LogP contribution in [0.1, 0.15) is 83.1 Å². The van der Waals surface area contributed by atoms with E-state index in [2.05, 4.69) is 161 Å². The topological polar surface area (TPSA) is 34.7 Å². The summed E-state index contributed by atoms with van der Waals surface area (Å²) in [5.74, 6) is 0. The van der Waals surface area contributed by atoms with Gasteiger partial charge in [-0.25, -0.2) is 8.80 Å². The SMILES string of the molecule is CC(C)P(c1ccccc1[Si-](c1ccccc1P(C(C)C)C(C)C)c1ccccc1P(C(C)C)C(C)C)C(C)C.C[Si](C)(C)N=[N-].[Fe+2]. The molecule has 3 aromatic rings. The maximum atomic E-state index is 8.09. The quantitative estimate of drug-likeness (QED) is 0.0720. The van der Waals surface area contributed by atoms with E-state index < -0.39 is 17.0 Å². The molecule has 0 saturated carbocycles. The van der Waals surface area contributed by atoms with Crippen molar-refractivity contribution >= 4 is 72.3 Å². The van der Waals surface area contributed by atoms with Gasteiger partial charge in [0.15, 0.2) is 0 Å². The van der Waals surface area contributed by atoms with Crippen LogP contribution in [0.3, 0.4) is 0 Å². The maximum absolute atomic E-state index is 8.09. The van der Waals surface area contributed by atoms with Crippen molar-refractivity contribution < 1.29 is 17.1 Å². The molecule has 0 aliphatic rings. The Kier molecular flexibility index (Phi) is 19.3. The third-order valence-electron chi connectivity index (χ3n) is 7.99. The molecule has 0 unspecified atom stereocenters. The average molecular weight is 765 g/mol. The van der Waals surface area contributed by atoms with Crippen molar-refractivity contribution in [1.29, 1.82) is 0 Å². The summed E-state index contributed by atoms with van der Waals surface area (Å²) in [6, 6.07) is 29.0. The third kappa shape index (κ3) is 12.4. The molecule has 0 atom stereocenters. The van der Waals surface area contributed by atoms with Crippen LogP contribution in [-0.4, -0.2) is 51.0 Å². The van der Waals surface area contributed by atoms with E-state index in [-0.39, 0.29) is 40.8 Å². The van der Waals surface area contributed by atoms with E-state index >= 15 is 0 Å². The second-order valence-corrected chi connectivity index (χ2v) is 32.0. The van der Waals surface area contributed by atoms with E-state index in [0.29, 0.717) is 34.0 Å². The molecule has 3 rings (SSSR count). The summed E-state index contributed by atoms with van der Waals surface area (Å²) in [6.45, 7) is 35.3. The van der Waals surface area contributed by atoms with Gasteiger partial charge in [-0.3, -0.25) is 0 Å². The number of hydrogen-bond acceptors (Lipinski definition) is 1. The Morgan fingerprint density at radius 3 is 0.830 bits per heavy atom. The van der Waals surface area contributed by atoms with Gasteiger partial charge in [-0.1, -0.05) is 215 Å². The summed E-state index contributed by atoms with van der Waals surface area (Å²) in [6.07, 6.45) is 0. The Morgan fingerprint density at radius 1 is 0.468 bits per heavy atom. The minimum absolute atomic E-state index is 0. The van der Waals surface area contributed by atoms with Gasteiger partial charge in [0.05, 0.1) is 0 Å². The average Bonchev–Trinajstić information content (AvgIpc) is 2.94. The minimum atomic E-state index is -1.45. The van der Waals surface area contributed by atoms with E-state index in [1.54, 1.807) is 31.5 Å². The maximum Gasteiger partial charge on any atom is 2.00 e. The van der Waals surface area contributed by atoms with Crippen molar-refractivity contribution in [2.24, 2.45) is 4.78 Å². The summed E-state index contributed by atoms with van der Waals surface area (Å²) >= 11 is 0. The smallest absolute Gasteiger partial charge is 0.722 e. The zero-order chi connectivity index (χ0) is 34.9. The van der Waals surface area contributed by atoms with Gasteiger partial charge in [-0.05, 0) is 34.0 Å². The van der Waals surface area contributed by atoms with Gasteiger partial charge in [0.1, 0.15) is 8.24 Å². The summed E-state index contributed by atoms with van der Waals surface area (Å²) in [7, 11) is -3.51. The van der Waals surface area contributed by atoms with Crippen LogP contribution >= 0.6 is 23.8 Å². The first-order chi connectivity index (χ1) is 21.4. The standard InChI is InChI=1S/C36H54P3Si.C3H9N2Si.Fe/c1-25(2)37(26(3)4)31-19-13-16-22-34(31)40(35-23-17-14-20-32(35)38(27(5)6)28(7)8)36-24-18-15-21-33(36)39(29(9)10)30(11)12;1-6(2,3)5-4;/h13-30H,1-12H3;1-3H3;/q2*-1;+2. The molecule has 8 heteroatoms. The second kappa shape index (κ2) is 20.4. The van der Waals surface area contributed by atoms with Crippen LogP contribution < -0.4 is 31.5 Å². The Labute approximate surface area is 307 Å². The minimum Gasteiger partial charge on any atom is -0.722 e. The van der Waals surface area contributed by atoms with Crippen LogP contribution in [-0.2, 0) is 17.1 Å². The van der Waals surface area contributed by atoms with Crippen LogP contribution in [0.2, 0.25) is 19.6 Å². The zero-order valence-electron chi connectivity index (χ0n) is 32.0. The molecule has 0 aliphatic heterocycles. The fourth-order valence-electron chi connectivity index (χ4n) is 6.62. The van der Waals surface area contributed by atoms with Gasteiger partial charge in [-0.2, -0.15) is 15.6 Å². The Balaban J connectivity index is 0.00000144. The van der Waals surface area contributed by atoms with E-state index in [4.69, 9.17) is 5.53 Å². The molecule has 0 spiro atoms. The van der Waals surface area contributed by atoms with Crippen molar-refractivity contribution in [3.63, 3.8) is 0 Å². The van der Waals surface area contributed by atoms with E-state index in [9.17, 15) is 0 Å². The molecule has 0 amide bonds. The van der Waals surface area contributed by atoms with Gasteiger partial charge >= 0.3 is 17.1 Å². The molecule has 2 nitrogen and oxygen atoms in total. The predicted molar refractivity (Wildman–Crippen MR) is 224 cm³/mol. The van der Waals surface area contributed by atoms with Gasteiger partial charge in [0.25, 0.3) is 0 Å². The fraction of sp³-hybridized carbons (Fsp3) is 0.538. The van der Waals surface area contributed by atoms with Gasteiger partial charge in [-0.15, -0.1) is 0 Å². The van der Waals surface area contributed by atoms with Gasteiger partial charge in [0, 0.05) is 0 Å². The van der Waals surface area contributed by atoms with Crippen molar-refractivity contribution in [3.05, 3.63) is 78.3 Å². The monoisotopic (exact) mass is 764 g/mol. The molecule has 0 saturated heterocycles. The Morgan fingerprint density at radius 2 is 0.660 bits per heavy atom. The summed E-state index contributed by atoms with van der Waals surface area (Å²) in [5, 5.41) is 9.89. The number of nitrogens with zero attached hydrogens (tertiary/aromatic N) is 2. The third-order valence-corrected chi connectivity index (χ3v) is 21.7. The second-order valence-electron chi connectivity index (χ2n) is 15.0. The first-order valence-corrected chi connectivity index (χ1v) is 26.7. The molecule has 0 aliphatic carbocycles. The van der Waals surface area contributed by atoms with E-state index in [1.807, 2.05) is 19.6 Å². The molecular weight excluding hydrogens is 701 g/mol. The zero-order valence-corrected chi connectivity index (χ0v) is 37.8. The summed E-state index contributed by atoms with van der Waals surface area (Å²) < 4.78 is 3.16. The molecular formula is C39H63FeN2P3Si2. The largest absolute Gasteiger partial charge is 2.00 e. The number of rotatable bonds is 13. The van der Waals surface area contributed by atoms with Crippen LogP contribution in [0, 0.1) is 0 Å². The van der Waals surface area contributed by atoms with Crippen molar-refractivity contribution in [3.8, 4) is 0 Å². The molecule has 0 N–H and O–H groups in total. The number of hydrogen-bond donors (Lipinski definition) is 0. The predicted octanol–water partition coefficient (Wildman–Crippen LogP) is 9.82. The van der Waals surface area contributed by atoms with Crippen molar-refractivity contribution in [1.82, 2.24) is 0 Å². The van der Waals surface area contributed by atoms with E-state index in [0.717, 1.165) is 0 Å². The molecule has 0 radical (unpaired) electrons. The normalized spacial score (nSPS) is 12.1. The van der Waals surface area contributed by atoms with Crippen LogP contribution in [0.25, 0.3) is 5.53 Å². The van der Waals surface area contributed by atoms with Crippen LogP contribution in [0.15, 0.2) is 77.6 Å². The molecule has 260 valence electrons. The molecule has 47 heavy (non-hydrogen) atoms. The molecule has 0 aromatic heterocycles. The van der Waals surface area contributed by atoms with Gasteiger partial charge < -0.3 is 10.3 Å². The summed E-state index contributed by atoms with van der Waals surface area (Å²) in [5.41, 5.74) is 12.1. The first-order valence-electron chi connectivity index (χ1n) is 17.3. The first kappa shape index (κ1) is 44.5. The Bertz CT molecular complexity index is 1200. The van der Waals surface area contributed by atoms with Crippen LogP contribution in [0.4, 0.5) is 0 Å². The summed E-state index contributed by atoms with van der Waals surface area (Å²) in [4.78, 5) is 0. The molecule has 0 heterocycles. The fourth-order valence-corrected chi connectivity index (χ4v) is 20.2. The molecule has 0 bridgehead atoms.